The summed E-state index contributed by atoms with van der Waals surface area (Å²) >= 11 is 0. The van der Waals surface area contributed by atoms with Crippen LogP contribution in [0.2, 0.25) is 0 Å². The molecule has 2 heteroatoms. The Morgan fingerprint density at radius 3 is 2.00 bits per heavy atom. The molecule has 0 rings (SSSR count). The fourth-order valence-electron chi connectivity index (χ4n) is 1.86. The quantitative estimate of drug-likeness (QED) is 0.547. The third-order valence-electron chi connectivity index (χ3n) is 2.80. The van der Waals surface area contributed by atoms with E-state index in [9.17, 15) is 5.11 Å². The number of hydrogen-bond donors (Lipinski definition) is 2. The molecule has 0 aromatic carbocycles. The maximum Gasteiger partial charge on any atom is 0.105 e. The molecular weight excluding hydrogens is 186 g/mol. The van der Waals surface area contributed by atoms with Crippen LogP contribution in [0, 0.1) is 0 Å². The van der Waals surface area contributed by atoms with Crippen LogP contribution in [0.5, 0.6) is 0 Å². The first-order valence-electron chi connectivity index (χ1n) is 6.68. The van der Waals surface area contributed by atoms with Gasteiger partial charge in [-0.05, 0) is 25.7 Å². The molecule has 0 saturated carbocycles. The van der Waals surface area contributed by atoms with Crippen LogP contribution in [-0.4, -0.2) is 17.4 Å². The third kappa shape index (κ3) is 8.88. The van der Waals surface area contributed by atoms with Crippen molar-refractivity contribution < 1.29 is 5.11 Å². The van der Waals surface area contributed by atoms with Gasteiger partial charge in [-0.1, -0.05) is 46.5 Å². The van der Waals surface area contributed by atoms with Gasteiger partial charge >= 0.3 is 0 Å². The SMILES string of the molecule is CCCCC(O)NC(CCC)CCCC. The molecule has 0 aliphatic rings. The summed E-state index contributed by atoms with van der Waals surface area (Å²) in [5, 5.41) is 13.1. The summed E-state index contributed by atoms with van der Waals surface area (Å²) in [6.07, 6.45) is 8.96. The first-order chi connectivity index (χ1) is 7.24. The van der Waals surface area contributed by atoms with Crippen molar-refractivity contribution in [3.8, 4) is 0 Å². The van der Waals surface area contributed by atoms with Crippen molar-refractivity contribution in [3.63, 3.8) is 0 Å². The molecule has 0 spiro atoms. The Hall–Kier alpha value is -0.0800. The highest BCUT2D eigenvalue weighted by molar-refractivity contribution is 4.68. The average molecular weight is 215 g/mol. The summed E-state index contributed by atoms with van der Waals surface area (Å²) in [5.74, 6) is 0. The number of aliphatic hydroxyl groups is 1. The fourth-order valence-corrected chi connectivity index (χ4v) is 1.86. The highest BCUT2D eigenvalue weighted by atomic mass is 16.3. The van der Waals surface area contributed by atoms with Gasteiger partial charge in [0.15, 0.2) is 0 Å². The molecule has 0 fully saturated rings. The summed E-state index contributed by atoms with van der Waals surface area (Å²) in [6, 6.07) is 0.516. The Morgan fingerprint density at radius 2 is 1.47 bits per heavy atom. The Kier molecular flexibility index (Phi) is 10.4. The second-order valence-electron chi connectivity index (χ2n) is 4.45. The van der Waals surface area contributed by atoms with Crippen LogP contribution in [0.3, 0.4) is 0 Å². The Morgan fingerprint density at radius 1 is 0.867 bits per heavy atom. The lowest BCUT2D eigenvalue weighted by Gasteiger charge is -2.22. The van der Waals surface area contributed by atoms with Crippen molar-refractivity contribution in [2.75, 3.05) is 0 Å². The minimum absolute atomic E-state index is 0.293. The largest absolute Gasteiger partial charge is 0.379 e. The maximum absolute atomic E-state index is 9.77. The van der Waals surface area contributed by atoms with E-state index >= 15 is 0 Å². The number of aliphatic hydroxyl groups excluding tert-OH is 1. The zero-order valence-electron chi connectivity index (χ0n) is 10.8. The van der Waals surface area contributed by atoms with E-state index in [2.05, 4.69) is 26.1 Å². The highest BCUT2D eigenvalue weighted by Crippen LogP contribution is 2.09. The molecule has 0 aliphatic heterocycles. The fraction of sp³-hybridized carbons (Fsp3) is 1.00. The van der Waals surface area contributed by atoms with Gasteiger partial charge < -0.3 is 5.11 Å². The molecule has 0 aromatic rings. The first kappa shape index (κ1) is 14.9. The van der Waals surface area contributed by atoms with Crippen molar-refractivity contribution in [2.24, 2.45) is 0 Å². The zero-order valence-corrected chi connectivity index (χ0v) is 10.8. The van der Waals surface area contributed by atoms with Gasteiger partial charge in [0.1, 0.15) is 6.23 Å². The minimum atomic E-state index is -0.293. The minimum Gasteiger partial charge on any atom is -0.379 e. The Bertz CT molecular complexity index is 128. The van der Waals surface area contributed by atoms with Crippen LogP contribution in [0.1, 0.15) is 72.1 Å². The predicted octanol–water partition coefficient (Wildman–Crippen LogP) is 3.44. The zero-order chi connectivity index (χ0) is 11.5. The van der Waals surface area contributed by atoms with E-state index in [-0.39, 0.29) is 6.23 Å². The van der Waals surface area contributed by atoms with Crippen LogP contribution in [-0.2, 0) is 0 Å². The van der Waals surface area contributed by atoms with Crippen molar-refractivity contribution in [2.45, 2.75) is 84.4 Å². The van der Waals surface area contributed by atoms with Gasteiger partial charge in [-0.2, -0.15) is 0 Å². The number of rotatable bonds is 10. The smallest absolute Gasteiger partial charge is 0.105 e. The molecule has 0 aromatic heterocycles. The number of nitrogens with one attached hydrogen (secondary N) is 1. The van der Waals surface area contributed by atoms with Gasteiger partial charge in [0.25, 0.3) is 0 Å². The van der Waals surface area contributed by atoms with E-state index in [0.29, 0.717) is 6.04 Å². The Labute approximate surface area is 95.5 Å². The van der Waals surface area contributed by atoms with Crippen molar-refractivity contribution in [3.05, 3.63) is 0 Å². The first-order valence-corrected chi connectivity index (χ1v) is 6.68. The molecular formula is C13H29NO. The monoisotopic (exact) mass is 215 g/mol. The molecule has 0 bridgehead atoms. The topological polar surface area (TPSA) is 32.3 Å². The summed E-state index contributed by atoms with van der Waals surface area (Å²) in [6.45, 7) is 6.59. The summed E-state index contributed by atoms with van der Waals surface area (Å²) in [5.41, 5.74) is 0. The molecule has 2 unspecified atom stereocenters. The van der Waals surface area contributed by atoms with Gasteiger partial charge in [0.05, 0.1) is 0 Å². The van der Waals surface area contributed by atoms with Crippen molar-refractivity contribution in [1.82, 2.24) is 5.32 Å². The van der Waals surface area contributed by atoms with Gasteiger partial charge in [-0.3, -0.25) is 5.32 Å². The molecule has 2 N–H and O–H groups in total. The van der Waals surface area contributed by atoms with Crippen molar-refractivity contribution in [1.29, 1.82) is 0 Å². The van der Waals surface area contributed by atoms with Gasteiger partial charge in [0, 0.05) is 6.04 Å². The van der Waals surface area contributed by atoms with Gasteiger partial charge in [0.2, 0.25) is 0 Å². The van der Waals surface area contributed by atoms with E-state index in [1.54, 1.807) is 0 Å². The molecule has 2 atom stereocenters. The summed E-state index contributed by atoms with van der Waals surface area (Å²) in [4.78, 5) is 0. The second-order valence-corrected chi connectivity index (χ2v) is 4.45. The molecule has 0 aliphatic carbocycles. The summed E-state index contributed by atoms with van der Waals surface area (Å²) in [7, 11) is 0. The number of hydrogen-bond acceptors (Lipinski definition) is 2. The molecule has 2 nitrogen and oxygen atoms in total. The molecule has 0 radical (unpaired) electrons. The average Bonchev–Trinajstić information content (AvgIpc) is 2.23. The van der Waals surface area contributed by atoms with Gasteiger partial charge in [-0.25, -0.2) is 0 Å². The molecule has 15 heavy (non-hydrogen) atoms. The van der Waals surface area contributed by atoms with E-state index in [1.807, 2.05) is 0 Å². The second kappa shape index (κ2) is 10.4. The molecule has 0 heterocycles. The predicted molar refractivity (Wildman–Crippen MR) is 66.9 cm³/mol. The van der Waals surface area contributed by atoms with Crippen LogP contribution >= 0.6 is 0 Å². The lowest BCUT2D eigenvalue weighted by Crippen LogP contribution is -2.38. The van der Waals surface area contributed by atoms with Crippen LogP contribution in [0.15, 0.2) is 0 Å². The van der Waals surface area contributed by atoms with E-state index in [4.69, 9.17) is 0 Å². The molecule has 92 valence electrons. The number of unbranched alkanes of at least 4 members (excludes halogenated alkanes) is 2. The van der Waals surface area contributed by atoms with Crippen molar-refractivity contribution >= 4 is 0 Å². The molecule has 0 amide bonds. The normalized spacial score (nSPS) is 15.2. The van der Waals surface area contributed by atoms with Gasteiger partial charge in [-0.15, -0.1) is 0 Å². The Balaban J connectivity index is 3.70. The lowest BCUT2D eigenvalue weighted by atomic mass is 10.0. The lowest BCUT2D eigenvalue weighted by molar-refractivity contribution is 0.106. The van der Waals surface area contributed by atoms with Crippen LogP contribution in [0.25, 0.3) is 0 Å². The van der Waals surface area contributed by atoms with Crippen LogP contribution < -0.4 is 5.32 Å². The molecule has 0 saturated heterocycles. The van der Waals surface area contributed by atoms with E-state index < -0.39 is 0 Å². The van der Waals surface area contributed by atoms with Crippen LogP contribution in [0.4, 0.5) is 0 Å². The summed E-state index contributed by atoms with van der Waals surface area (Å²) < 4.78 is 0. The maximum atomic E-state index is 9.77. The highest BCUT2D eigenvalue weighted by Gasteiger charge is 2.11. The third-order valence-corrected chi connectivity index (χ3v) is 2.80. The van der Waals surface area contributed by atoms with E-state index in [1.165, 1.54) is 32.1 Å². The standard InChI is InChI=1S/C13H29NO/c1-4-7-10-12(9-6-3)14-13(15)11-8-5-2/h12-15H,4-11H2,1-3H3. The van der Waals surface area contributed by atoms with E-state index in [0.717, 1.165) is 19.3 Å².